The Morgan fingerprint density at radius 2 is 2.04 bits per heavy atom. The highest BCUT2D eigenvalue weighted by Crippen LogP contribution is 2.24. The minimum Gasteiger partial charge on any atom is -0.383 e. The van der Waals surface area contributed by atoms with Crippen molar-refractivity contribution in [3.05, 3.63) is 47.5 Å². The molecule has 0 radical (unpaired) electrons. The number of nitrogen functional groups attached to an aromatic ring is 1. The fraction of sp³-hybridized carbons (Fsp3) is 0.300. The van der Waals surface area contributed by atoms with Crippen molar-refractivity contribution in [2.75, 3.05) is 16.8 Å². The zero-order chi connectivity index (χ0) is 20.5. The molecule has 0 aliphatic heterocycles. The van der Waals surface area contributed by atoms with E-state index >= 15 is 0 Å². The molecule has 4 N–H and O–H groups in total. The monoisotopic (exact) mass is 397 g/mol. The van der Waals surface area contributed by atoms with Crippen LogP contribution in [0.3, 0.4) is 0 Å². The van der Waals surface area contributed by atoms with Gasteiger partial charge in [0, 0.05) is 11.7 Å². The molecule has 1 atom stereocenters. The summed E-state index contributed by atoms with van der Waals surface area (Å²) in [6.07, 6.45) is 1.88. The molecule has 1 heterocycles. The molecule has 146 valence electrons. The molecule has 2 aromatic rings. The average molecular weight is 398 g/mol. The first-order valence-corrected chi connectivity index (χ1v) is 9.92. The Labute approximate surface area is 168 Å². The van der Waals surface area contributed by atoms with Gasteiger partial charge in [-0.3, -0.25) is 9.59 Å². The summed E-state index contributed by atoms with van der Waals surface area (Å²) in [4.78, 5) is 28.6. The number of nitrogens with zero attached hydrogens (tertiary/aromatic N) is 2. The summed E-state index contributed by atoms with van der Waals surface area (Å²) in [6.45, 7) is 4.00. The third-order valence-electron chi connectivity index (χ3n) is 3.88. The molecule has 2 rings (SSSR count). The maximum Gasteiger partial charge on any atom is 0.259 e. The maximum absolute atomic E-state index is 12.5. The van der Waals surface area contributed by atoms with Crippen molar-refractivity contribution < 1.29 is 9.59 Å². The van der Waals surface area contributed by atoms with Crippen molar-refractivity contribution in [3.63, 3.8) is 0 Å². The van der Waals surface area contributed by atoms with Crippen LogP contribution in [0.2, 0.25) is 0 Å². The second-order valence-corrected chi connectivity index (χ2v) is 7.22. The van der Waals surface area contributed by atoms with Crippen molar-refractivity contribution in [2.45, 2.75) is 37.8 Å². The van der Waals surface area contributed by atoms with Crippen molar-refractivity contribution in [1.82, 2.24) is 10.3 Å². The lowest BCUT2D eigenvalue weighted by molar-refractivity contribution is -0.119. The van der Waals surface area contributed by atoms with Crippen LogP contribution in [-0.4, -0.2) is 28.6 Å². The molecule has 0 aliphatic carbocycles. The first kappa shape index (κ1) is 21.3. The van der Waals surface area contributed by atoms with Crippen LogP contribution < -0.4 is 16.4 Å². The smallest absolute Gasteiger partial charge is 0.259 e. The van der Waals surface area contributed by atoms with E-state index in [2.05, 4.69) is 22.5 Å². The van der Waals surface area contributed by atoms with Gasteiger partial charge in [-0.1, -0.05) is 43.3 Å². The fourth-order valence-electron chi connectivity index (χ4n) is 2.56. The van der Waals surface area contributed by atoms with Gasteiger partial charge in [-0.15, -0.1) is 0 Å². The summed E-state index contributed by atoms with van der Waals surface area (Å²) < 4.78 is 0. The van der Waals surface area contributed by atoms with Crippen LogP contribution in [0.15, 0.2) is 41.4 Å². The highest BCUT2D eigenvalue weighted by molar-refractivity contribution is 8.00. The Hall–Kier alpha value is -3.05. The number of amides is 2. The molecule has 0 aliphatic rings. The Morgan fingerprint density at radius 1 is 1.32 bits per heavy atom. The lowest BCUT2D eigenvalue weighted by Crippen LogP contribution is -2.33. The molecule has 8 heteroatoms. The number of hydrogen-bond donors (Lipinski definition) is 3. The van der Waals surface area contributed by atoms with Crippen LogP contribution in [-0.2, 0) is 4.79 Å². The molecule has 7 nitrogen and oxygen atoms in total. The highest BCUT2D eigenvalue weighted by Gasteiger charge is 2.17. The summed E-state index contributed by atoms with van der Waals surface area (Å²) in [5.74, 6) is -0.462. The molecule has 0 bridgehead atoms. The normalized spacial score (nSPS) is 11.3. The van der Waals surface area contributed by atoms with Gasteiger partial charge in [-0.05, 0) is 31.5 Å². The highest BCUT2D eigenvalue weighted by atomic mass is 32.2. The molecular weight excluding hydrogens is 374 g/mol. The van der Waals surface area contributed by atoms with E-state index in [0.29, 0.717) is 10.7 Å². The molecule has 0 saturated heterocycles. The first-order chi connectivity index (χ1) is 13.4. The lowest BCUT2D eigenvalue weighted by atomic mass is 10.2. The van der Waals surface area contributed by atoms with Crippen molar-refractivity contribution in [1.29, 1.82) is 5.26 Å². The van der Waals surface area contributed by atoms with Crippen LogP contribution in [0.4, 0.5) is 11.5 Å². The molecule has 28 heavy (non-hydrogen) atoms. The van der Waals surface area contributed by atoms with E-state index in [1.807, 2.05) is 19.1 Å². The number of pyridine rings is 1. The van der Waals surface area contributed by atoms with E-state index in [9.17, 15) is 14.9 Å². The van der Waals surface area contributed by atoms with Crippen LogP contribution in [0.1, 0.15) is 42.6 Å². The van der Waals surface area contributed by atoms with E-state index in [1.165, 1.54) is 6.07 Å². The van der Waals surface area contributed by atoms with Gasteiger partial charge in [-0.2, -0.15) is 5.26 Å². The van der Waals surface area contributed by atoms with Crippen LogP contribution in [0.25, 0.3) is 0 Å². The Kier molecular flexibility index (Phi) is 7.84. The number of aromatic nitrogens is 1. The molecule has 0 spiro atoms. The SMILES string of the molecule is CCC[C@H](C)NC(=O)CSc1nc(N)c(C(=O)Nc2ccccc2)cc1C#N. The molecule has 0 fully saturated rings. The Balaban J connectivity index is 2.09. The van der Waals surface area contributed by atoms with E-state index in [0.717, 1.165) is 24.6 Å². The minimum absolute atomic E-state index is 0.00897. The molecule has 0 unspecified atom stereocenters. The number of nitriles is 1. The molecular formula is C20H23N5O2S. The quantitative estimate of drug-likeness (QED) is 0.588. The number of carbonyl (C=O) groups excluding carboxylic acids is 2. The van der Waals surface area contributed by atoms with Crippen molar-refractivity contribution in [2.24, 2.45) is 0 Å². The van der Waals surface area contributed by atoms with E-state index in [4.69, 9.17) is 5.73 Å². The topological polar surface area (TPSA) is 121 Å². The summed E-state index contributed by atoms with van der Waals surface area (Å²) >= 11 is 1.12. The average Bonchev–Trinajstić information content (AvgIpc) is 2.67. The number of hydrogen-bond acceptors (Lipinski definition) is 6. The number of benzene rings is 1. The number of anilines is 2. The van der Waals surface area contributed by atoms with Crippen molar-refractivity contribution in [3.8, 4) is 6.07 Å². The second-order valence-electron chi connectivity index (χ2n) is 6.25. The summed E-state index contributed by atoms with van der Waals surface area (Å²) in [6, 6.07) is 12.4. The standard InChI is InChI=1S/C20H23N5O2S/c1-3-7-13(2)23-17(26)12-28-20-14(11-21)10-16(18(22)25-20)19(27)24-15-8-5-4-6-9-15/h4-6,8-10,13H,3,7,12H2,1-2H3,(H2,22,25)(H,23,26)(H,24,27)/t13-/m0/s1. The van der Waals surface area contributed by atoms with Crippen LogP contribution in [0, 0.1) is 11.3 Å². The third-order valence-corrected chi connectivity index (χ3v) is 4.87. The van der Waals surface area contributed by atoms with E-state index in [-0.39, 0.29) is 34.6 Å². The number of thioether (sulfide) groups is 1. The van der Waals surface area contributed by atoms with Crippen molar-refractivity contribution >= 4 is 35.1 Å². The zero-order valence-electron chi connectivity index (χ0n) is 15.9. The van der Waals surface area contributed by atoms with Gasteiger partial charge in [-0.25, -0.2) is 4.98 Å². The molecule has 0 saturated carbocycles. The Bertz CT molecular complexity index is 880. The van der Waals surface area contributed by atoms with Gasteiger partial charge in [0.15, 0.2) is 0 Å². The largest absolute Gasteiger partial charge is 0.383 e. The van der Waals surface area contributed by atoms with Gasteiger partial charge in [0.1, 0.15) is 16.9 Å². The summed E-state index contributed by atoms with van der Waals surface area (Å²) in [5, 5.41) is 15.3. The fourth-order valence-corrected chi connectivity index (χ4v) is 3.33. The van der Waals surface area contributed by atoms with Crippen LogP contribution in [0.5, 0.6) is 0 Å². The van der Waals surface area contributed by atoms with E-state index in [1.54, 1.807) is 24.3 Å². The van der Waals surface area contributed by atoms with Gasteiger partial charge < -0.3 is 16.4 Å². The van der Waals surface area contributed by atoms with Gasteiger partial charge >= 0.3 is 0 Å². The molecule has 1 aromatic heterocycles. The molecule has 2 amide bonds. The predicted molar refractivity (Wildman–Crippen MR) is 111 cm³/mol. The number of nitrogens with two attached hydrogens (primary N) is 1. The Morgan fingerprint density at radius 3 is 2.68 bits per heavy atom. The maximum atomic E-state index is 12.5. The number of rotatable bonds is 8. The van der Waals surface area contributed by atoms with Gasteiger partial charge in [0.25, 0.3) is 5.91 Å². The summed E-state index contributed by atoms with van der Waals surface area (Å²) in [7, 11) is 0. The minimum atomic E-state index is -0.449. The van der Waals surface area contributed by atoms with Gasteiger partial charge in [0.2, 0.25) is 5.91 Å². The third kappa shape index (κ3) is 5.99. The second kappa shape index (κ2) is 10.3. The van der Waals surface area contributed by atoms with E-state index < -0.39 is 5.91 Å². The number of para-hydroxylation sites is 1. The summed E-state index contributed by atoms with van der Waals surface area (Å²) in [5.41, 5.74) is 6.86. The zero-order valence-corrected chi connectivity index (χ0v) is 16.7. The first-order valence-electron chi connectivity index (χ1n) is 8.93. The van der Waals surface area contributed by atoms with Crippen LogP contribution >= 0.6 is 11.8 Å². The number of nitrogens with one attached hydrogen (secondary N) is 2. The number of carbonyl (C=O) groups is 2. The van der Waals surface area contributed by atoms with Gasteiger partial charge in [0.05, 0.1) is 16.9 Å². The lowest BCUT2D eigenvalue weighted by Gasteiger charge is -2.13. The predicted octanol–water partition coefficient (Wildman–Crippen LogP) is 3.18. The molecule has 1 aromatic carbocycles.